The van der Waals surface area contributed by atoms with Gasteiger partial charge in [-0.15, -0.1) is 6.42 Å². The molecule has 0 unspecified atom stereocenters. The van der Waals surface area contributed by atoms with Crippen molar-refractivity contribution in [1.82, 2.24) is 0 Å². The van der Waals surface area contributed by atoms with Crippen molar-refractivity contribution >= 4 is 0 Å². The minimum absolute atomic E-state index is 0. The van der Waals surface area contributed by atoms with E-state index in [1.807, 2.05) is 34.1 Å². The zero-order valence-corrected chi connectivity index (χ0v) is 11.3. The van der Waals surface area contributed by atoms with Gasteiger partial charge in [-0.1, -0.05) is 27.7 Å². The van der Waals surface area contributed by atoms with Crippen LogP contribution in [0.25, 0.3) is 0 Å². The van der Waals surface area contributed by atoms with Crippen LogP contribution in [0.3, 0.4) is 0 Å². The van der Waals surface area contributed by atoms with E-state index in [4.69, 9.17) is 0 Å². The molecule has 0 aliphatic heterocycles. The number of rotatable bonds is 3. The molecule has 0 aliphatic carbocycles. The van der Waals surface area contributed by atoms with Crippen molar-refractivity contribution in [3.8, 4) is 0 Å². The summed E-state index contributed by atoms with van der Waals surface area (Å²) >= 11 is 0. The Hall–Kier alpha value is 0.298. The summed E-state index contributed by atoms with van der Waals surface area (Å²) in [5.74, 6) is 0. The largest absolute Gasteiger partial charge is 2.00 e. The molecule has 0 aliphatic rings. The molecule has 0 amide bonds. The first kappa shape index (κ1) is 22.5. The molecular formula is C10H22W. The second-order valence-electron chi connectivity index (χ2n) is 1.11. The van der Waals surface area contributed by atoms with Crippen molar-refractivity contribution in [1.29, 1.82) is 0 Å². The summed E-state index contributed by atoms with van der Waals surface area (Å²) in [6, 6.07) is 0. The molecule has 0 saturated carbocycles. The van der Waals surface area contributed by atoms with E-state index in [-0.39, 0.29) is 21.1 Å². The third kappa shape index (κ3) is 65.2. The maximum atomic E-state index is 3.64. The van der Waals surface area contributed by atoms with Crippen molar-refractivity contribution in [2.24, 2.45) is 0 Å². The summed E-state index contributed by atoms with van der Waals surface area (Å²) in [6.45, 7) is 15.2. The molecule has 0 fully saturated rings. The van der Waals surface area contributed by atoms with Gasteiger partial charge in [-0.3, -0.25) is 0 Å². The van der Waals surface area contributed by atoms with E-state index in [9.17, 15) is 0 Å². The van der Waals surface area contributed by atoms with E-state index in [1.165, 1.54) is 0 Å². The molecule has 0 heterocycles. The fraction of sp³-hybridized carbons (Fsp3) is 0.600. The number of unbranched alkanes of at least 4 members (excludes halogenated alkanes) is 2. The van der Waals surface area contributed by atoms with Crippen molar-refractivity contribution in [3.05, 3.63) is 26.0 Å². The average molecular weight is 326 g/mol. The standard InChI is InChI=1S/C6H10.2C2H6.W/c1-3-5-6-4-2;2*1-2;/h3,5H,1-2,4,6H2;2*1-2H3;/q-2;;;+2. The molecule has 0 aromatic rings. The molecule has 0 nitrogen and oxygen atoms in total. The van der Waals surface area contributed by atoms with Gasteiger partial charge in [0, 0.05) is 0 Å². The van der Waals surface area contributed by atoms with Crippen LogP contribution in [0.15, 0.2) is 12.7 Å². The zero-order chi connectivity index (χ0) is 8.83. The third-order valence-corrected chi connectivity index (χ3v) is 0.537. The number of hydrogen-bond donors (Lipinski definition) is 0. The predicted molar refractivity (Wildman–Crippen MR) is 51.8 cm³/mol. The second kappa shape index (κ2) is 48.2. The minimum Gasteiger partial charge on any atom is -0.344 e. The van der Waals surface area contributed by atoms with Gasteiger partial charge in [0.25, 0.3) is 0 Å². The van der Waals surface area contributed by atoms with Crippen LogP contribution < -0.4 is 0 Å². The zero-order valence-electron chi connectivity index (χ0n) is 8.39. The van der Waals surface area contributed by atoms with Gasteiger partial charge in [-0.05, 0) is 0 Å². The summed E-state index contributed by atoms with van der Waals surface area (Å²) in [4.78, 5) is 0. The smallest absolute Gasteiger partial charge is 0.344 e. The fourth-order valence-corrected chi connectivity index (χ4v) is 0.236. The summed E-state index contributed by atoms with van der Waals surface area (Å²) in [7, 11) is 0. The molecule has 0 saturated heterocycles. The molecule has 0 N–H and O–H groups in total. The predicted octanol–water partition coefficient (Wildman–Crippen LogP) is 4.04. The van der Waals surface area contributed by atoms with E-state index in [0.717, 1.165) is 12.8 Å². The minimum atomic E-state index is 0. The van der Waals surface area contributed by atoms with Gasteiger partial charge in [-0.2, -0.15) is 6.42 Å². The summed E-state index contributed by atoms with van der Waals surface area (Å²) in [5.41, 5.74) is 0. The van der Waals surface area contributed by atoms with Crippen LogP contribution in [0.5, 0.6) is 0 Å². The Morgan fingerprint density at radius 1 is 1.27 bits per heavy atom. The van der Waals surface area contributed by atoms with Crippen LogP contribution in [-0.2, 0) is 21.1 Å². The van der Waals surface area contributed by atoms with E-state index >= 15 is 0 Å². The summed E-state index contributed by atoms with van der Waals surface area (Å²) in [6.07, 6.45) is 5.84. The molecule has 11 heavy (non-hydrogen) atoms. The Labute approximate surface area is 87.7 Å². The van der Waals surface area contributed by atoms with E-state index < -0.39 is 0 Å². The van der Waals surface area contributed by atoms with Crippen LogP contribution in [0.4, 0.5) is 0 Å². The van der Waals surface area contributed by atoms with Crippen molar-refractivity contribution in [2.75, 3.05) is 0 Å². The molecule has 0 aromatic heterocycles. The third-order valence-electron chi connectivity index (χ3n) is 0.537. The van der Waals surface area contributed by atoms with Gasteiger partial charge < -0.3 is 6.92 Å². The van der Waals surface area contributed by atoms with Crippen LogP contribution in [0.2, 0.25) is 0 Å². The molecule has 0 atom stereocenters. The van der Waals surface area contributed by atoms with Gasteiger partial charge in [0.1, 0.15) is 0 Å². The SMILES string of the molecule is C=C[CH-]CC[CH2-].CC.CC.[W+2]. The van der Waals surface area contributed by atoms with E-state index in [2.05, 4.69) is 13.5 Å². The van der Waals surface area contributed by atoms with Crippen molar-refractivity contribution in [2.45, 2.75) is 40.5 Å². The fourth-order valence-electron chi connectivity index (χ4n) is 0.236. The van der Waals surface area contributed by atoms with E-state index in [1.54, 1.807) is 6.08 Å². The van der Waals surface area contributed by atoms with Gasteiger partial charge >= 0.3 is 21.1 Å². The Morgan fingerprint density at radius 2 is 1.64 bits per heavy atom. The monoisotopic (exact) mass is 326 g/mol. The molecule has 0 spiro atoms. The van der Waals surface area contributed by atoms with Gasteiger partial charge in [0.2, 0.25) is 0 Å². The van der Waals surface area contributed by atoms with Crippen molar-refractivity contribution < 1.29 is 21.1 Å². The first-order valence-electron chi connectivity index (χ1n) is 4.15. The van der Waals surface area contributed by atoms with Crippen LogP contribution >= 0.6 is 0 Å². The Balaban J connectivity index is -0.0000000428. The maximum absolute atomic E-state index is 3.64. The Morgan fingerprint density at radius 3 is 1.73 bits per heavy atom. The molecule has 0 aromatic carbocycles. The maximum Gasteiger partial charge on any atom is 2.00 e. The Kier molecular flexibility index (Phi) is 98.6. The molecule has 0 bridgehead atoms. The van der Waals surface area contributed by atoms with Crippen LogP contribution in [-0.4, -0.2) is 0 Å². The first-order valence-corrected chi connectivity index (χ1v) is 4.15. The topological polar surface area (TPSA) is 0 Å². The average Bonchev–Trinajstić information content (AvgIpc) is 2.08. The Bertz CT molecular complexity index is 33.9. The molecule has 0 radical (unpaired) electrons. The molecule has 1 heteroatoms. The molecular weight excluding hydrogens is 304 g/mol. The van der Waals surface area contributed by atoms with Crippen LogP contribution in [0.1, 0.15) is 40.5 Å². The van der Waals surface area contributed by atoms with E-state index in [0.29, 0.717) is 0 Å². The molecule has 0 rings (SSSR count). The van der Waals surface area contributed by atoms with Gasteiger partial charge in [0.05, 0.1) is 0 Å². The first-order chi connectivity index (χ1) is 4.91. The second-order valence-corrected chi connectivity index (χ2v) is 1.11. The summed E-state index contributed by atoms with van der Waals surface area (Å²) < 4.78 is 0. The van der Waals surface area contributed by atoms with Gasteiger partial charge in [-0.25, -0.2) is 19.1 Å². The normalized spacial score (nSPS) is 5.18. The van der Waals surface area contributed by atoms with Gasteiger partial charge in [0.15, 0.2) is 0 Å². The van der Waals surface area contributed by atoms with Crippen LogP contribution in [0, 0.1) is 13.3 Å². The number of allylic oxidation sites excluding steroid dienone is 1. The summed E-state index contributed by atoms with van der Waals surface area (Å²) in [5, 5.41) is 0. The number of hydrogen-bond acceptors (Lipinski definition) is 0. The molecule has 68 valence electrons. The quantitative estimate of drug-likeness (QED) is 0.542. The van der Waals surface area contributed by atoms with Crippen molar-refractivity contribution in [3.63, 3.8) is 0 Å².